The third-order valence-electron chi connectivity index (χ3n) is 4.82. The molecule has 1 aliphatic rings. The minimum atomic E-state index is -0.429. The summed E-state index contributed by atoms with van der Waals surface area (Å²) in [6.07, 6.45) is 3.40. The van der Waals surface area contributed by atoms with Crippen molar-refractivity contribution >= 4 is 11.9 Å². The fraction of sp³-hybridized carbons (Fsp3) is 0.250. The van der Waals surface area contributed by atoms with Crippen LogP contribution in [-0.4, -0.2) is 32.9 Å². The number of ether oxygens (including phenoxy) is 1. The normalized spacial score (nSPS) is 17.0. The fourth-order valence-electron chi connectivity index (χ4n) is 3.27. The van der Waals surface area contributed by atoms with Gasteiger partial charge in [-0.05, 0) is 48.7 Å². The van der Waals surface area contributed by atoms with Crippen LogP contribution in [0.2, 0.25) is 0 Å². The lowest BCUT2D eigenvalue weighted by Crippen LogP contribution is -2.39. The summed E-state index contributed by atoms with van der Waals surface area (Å²) in [6.45, 7) is 4.30. The lowest BCUT2D eigenvalue weighted by Gasteiger charge is -2.30. The van der Waals surface area contributed by atoms with Crippen LogP contribution >= 0.6 is 0 Å². The number of amides is 1. The molecule has 7 heteroatoms. The Bertz CT molecular complexity index is 998. The van der Waals surface area contributed by atoms with Crippen molar-refractivity contribution in [3.05, 3.63) is 59.4 Å². The zero-order chi connectivity index (χ0) is 19.0. The summed E-state index contributed by atoms with van der Waals surface area (Å²) in [7, 11) is 0. The van der Waals surface area contributed by atoms with E-state index in [1.807, 2.05) is 32.0 Å². The molecule has 0 bridgehead atoms. The van der Waals surface area contributed by atoms with E-state index in [-0.39, 0.29) is 11.9 Å². The third-order valence-corrected chi connectivity index (χ3v) is 4.82. The average molecular weight is 364 g/mol. The third kappa shape index (κ3) is 3.23. The van der Waals surface area contributed by atoms with Crippen LogP contribution in [0.1, 0.15) is 29.2 Å². The number of aryl methyl sites for hydroxylation is 2. The summed E-state index contributed by atoms with van der Waals surface area (Å²) in [6, 6.07) is 9.01. The van der Waals surface area contributed by atoms with Crippen LogP contribution in [0.25, 0.3) is 11.3 Å². The van der Waals surface area contributed by atoms with Gasteiger partial charge < -0.3 is 9.84 Å². The van der Waals surface area contributed by atoms with Crippen LogP contribution in [0.4, 0.5) is 10.6 Å². The molecule has 3 heterocycles. The zero-order valence-corrected chi connectivity index (χ0v) is 15.1. The summed E-state index contributed by atoms with van der Waals surface area (Å²) < 4.78 is 5.61. The van der Waals surface area contributed by atoms with Gasteiger partial charge in [-0.1, -0.05) is 6.07 Å². The summed E-state index contributed by atoms with van der Waals surface area (Å²) in [5, 5.41) is 16.9. The first-order chi connectivity index (χ1) is 13.0. The Balaban J connectivity index is 1.51. The number of hydrogen-bond donors (Lipinski definition) is 2. The maximum atomic E-state index is 12.5. The number of phenolic OH excluding ortho intramolecular Hbond substituents is 1. The number of pyridine rings is 1. The second-order valence-corrected chi connectivity index (χ2v) is 6.69. The summed E-state index contributed by atoms with van der Waals surface area (Å²) in [4.78, 5) is 18.2. The number of carbonyl (C=O) groups excluding carboxylic acids is 1. The Hall–Kier alpha value is -3.35. The predicted molar refractivity (Wildman–Crippen MR) is 101 cm³/mol. The van der Waals surface area contributed by atoms with E-state index < -0.39 is 6.09 Å². The molecule has 1 amide bonds. The Labute approximate surface area is 156 Å². The second-order valence-electron chi connectivity index (χ2n) is 6.69. The van der Waals surface area contributed by atoms with Crippen LogP contribution in [0, 0.1) is 13.8 Å². The zero-order valence-electron chi connectivity index (χ0n) is 15.1. The van der Waals surface area contributed by atoms with E-state index in [1.165, 1.54) is 4.90 Å². The minimum Gasteiger partial charge on any atom is -0.508 e. The molecule has 7 nitrogen and oxygen atoms in total. The molecule has 1 aromatic carbocycles. The number of carbonyl (C=O) groups is 1. The Morgan fingerprint density at radius 3 is 2.81 bits per heavy atom. The molecule has 138 valence electrons. The molecule has 0 aliphatic carbocycles. The molecule has 2 N–H and O–H groups in total. The number of nitrogens with zero attached hydrogens (tertiary/aromatic N) is 3. The monoisotopic (exact) mass is 364 g/mol. The van der Waals surface area contributed by atoms with Crippen LogP contribution in [-0.2, 0) is 4.74 Å². The second kappa shape index (κ2) is 6.75. The van der Waals surface area contributed by atoms with Gasteiger partial charge in [-0.15, -0.1) is 0 Å². The van der Waals surface area contributed by atoms with E-state index in [0.717, 1.165) is 27.9 Å². The Kier molecular flexibility index (Phi) is 4.27. The van der Waals surface area contributed by atoms with Crippen molar-refractivity contribution in [2.75, 3.05) is 11.4 Å². The number of H-pyrrole nitrogens is 1. The SMILES string of the molecule is Cc1cc(C2CCN(c3cc(-c4ccncc4C)[nH]n3)C(=O)O2)ccc1O. The molecule has 1 atom stereocenters. The molecule has 1 saturated heterocycles. The highest BCUT2D eigenvalue weighted by atomic mass is 16.6. The summed E-state index contributed by atoms with van der Waals surface area (Å²) in [5.41, 5.74) is 4.49. The lowest BCUT2D eigenvalue weighted by atomic mass is 10.0. The van der Waals surface area contributed by atoms with Crippen molar-refractivity contribution < 1.29 is 14.6 Å². The minimum absolute atomic E-state index is 0.234. The highest BCUT2D eigenvalue weighted by Gasteiger charge is 2.31. The first kappa shape index (κ1) is 17.1. The molecule has 1 unspecified atom stereocenters. The quantitative estimate of drug-likeness (QED) is 0.736. The molecule has 0 saturated carbocycles. The number of benzene rings is 1. The maximum Gasteiger partial charge on any atom is 0.416 e. The predicted octanol–water partition coefficient (Wildman–Crippen LogP) is 3.88. The highest BCUT2D eigenvalue weighted by molar-refractivity contribution is 5.88. The van der Waals surface area contributed by atoms with E-state index in [1.54, 1.807) is 24.5 Å². The molecule has 2 aromatic heterocycles. The average Bonchev–Trinajstić information content (AvgIpc) is 3.14. The lowest BCUT2D eigenvalue weighted by molar-refractivity contribution is 0.0838. The Morgan fingerprint density at radius 1 is 1.22 bits per heavy atom. The van der Waals surface area contributed by atoms with Gasteiger partial charge in [0.2, 0.25) is 0 Å². The van der Waals surface area contributed by atoms with Crippen molar-refractivity contribution in [2.24, 2.45) is 0 Å². The Morgan fingerprint density at radius 2 is 2.07 bits per heavy atom. The number of aromatic amines is 1. The molecule has 1 fully saturated rings. The first-order valence-corrected chi connectivity index (χ1v) is 8.77. The largest absolute Gasteiger partial charge is 0.508 e. The molecule has 3 aromatic rings. The van der Waals surface area contributed by atoms with Crippen LogP contribution in [0.3, 0.4) is 0 Å². The first-order valence-electron chi connectivity index (χ1n) is 8.77. The van der Waals surface area contributed by atoms with Crippen molar-refractivity contribution in [3.8, 4) is 17.0 Å². The van der Waals surface area contributed by atoms with Crippen molar-refractivity contribution in [2.45, 2.75) is 26.4 Å². The van der Waals surface area contributed by atoms with Gasteiger partial charge in [0.05, 0.1) is 5.69 Å². The molecular formula is C20H20N4O3. The molecular weight excluding hydrogens is 344 g/mol. The van der Waals surface area contributed by atoms with Gasteiger partial charge in [-0.3, -0.25) is 15.0 Å². The highest BCUT2D eigenvalue weighted by Crippen LogP contribution is 2.32. The van der Waals surface area contributed by atoms with Gasteiger partial charge >= 0.3 is 6.09 Å². The number of aromatic hydroxyl groups is 1. The number of cyclic esters (lactones) is 1. The topological polar surface area (TPSA) is 91.3 Å². The van der Waals surface area contributed by atoms with Gasteiger partial charge in [-0.2, -0.15) is 5.10 Å². The number of rotatable bonds is 3. The van der Waals surface area contributed by atoms with Gasteiger partial charge in [0.25, 0.3) is 0 Å². The van der Waals surface area contributed by atoms with Gasteiger partial charge in [0, 0.05) is 37.0 Å². The number of nitrogens with one attached hydrogen (secondary N) is 1. The van der Waals surface area contributed by atoms with E-state index in [2.05, 4.69) is 15.2 Å². The number of aromatic nitrogens is 3. The van der Waals surface area contributed by atoms with Gasteiger partial charge in [-0.25, -0.2) is 4.79 Å². The van der Waals surface area contributed by atoms with Crippen molar-refractivity contribution in [3.63, 3.8) is 0 Å². The molecule has 0 radical (unpaired) electrons. The summed E-state index contributed by atoms with van der Waals surface area (Å²) in [5.74, 6) is 0.768. The van der Waals surface area contributed by atoms with E-state index in [0.29, 0.717) is 18.8 Å². The van der Waals surface area contributed by atoms with E-state index in [4.69, 9.17) is 4.74 Å². The van der Waals surface area contributed by atoms with Gasteiger partial charge in [0.15, 0.2) is 5.82 Å². The van der Waals surface area contributed by atoms with Gasteiger partial charge in [0.1, 0.15) is 11.9 Å². The van der Waals surface area contributed by atoms with Crippen molar-refractivity contribution in [1.82, 2.24) is 15.2 Å². The standard InChI is InChI=1S/C20H20N4O3/c1-12-9-14(3-4-17(12)25)18-6-8-24(20(26)27-18)19-10-16(22-23-19)15-5-7-21-11-13(15)2/h3-5,7,9-11,18,25H,6,8H2,1-2H3,(H,22,23). The molecule has 27 heavy (non-hydrogen) atoms. The van der Waals surface area contributed by atoms with Crippen LogP contribution in [0.15, 0.2) is 42.7 Å². The smallest absolute Gasteiger partial charge is 0.416 e. The van der Waals surface area contributed by atoms with Crippen LogP contribution in [0.5, 0.6) is 5.75 Å². The number of phenols is 1. The fourth-order valence-corrected chi connectivity index (χ4v) is 3.27. The molecule has 1 aliphatic heterocycles. The molecule has 4 rings (SSSR count). The van der Waals surface area contributed by atoms with Crippen molar-refractivity contribution in [1.29, 1.82) is 0 Å². The summed E-state index contributed by atoms with van der Waals surface area (Å²) >= 11 is 0. The molecule has 0 spiro atoms. The van der Waals surface area contributed by atoms with E-state index >= 15 is 0 Å². The number of hydrogen-bond acceptors (Lipinski definition) is 5. The van der Waals surface area contributed by atoms with E-state index in [9.17, 15) is 9.90 Å². The number of anilines is 1. The maximum absolute atomic E-state index is 12.5. The van der Waals surface area contributed by atoms with Crippen LogP contribution < -0.4 is 4.90 Å².